The first-order valence-corrected chi connectivity index (χ1v) is 11.7. The fourth-order valence-electron chi connectivity index (χ4n) is 3.89. The van der Waals surface area contributed by atoms with Crippen LogP contribution in [-0.4, -0.2) is 56.6 Å². The second kappa shape index (κ2) is 10.9. The average Bonchev–Trinajstić information content (AvgIpc) is 3.31. The van der Waals surface area contributed by atoms with Crippen molar-refractivity contribution in [3.8, 4) is 5.69 Å². The summed E-state index contributed by atoms with van der Waals surface area (Å²) >= 11 is 0. The molecule has 3 heterocycles. The first kappa shape index (κ1) is 25.4. The van der Waals surface area contributed by atoms with Gasteiger partial charge in [-0.1, -0.05) is 0 Å². The Morgan fingerprint density at radius 3 is 2.54 bits per heavy atom. The molecule has 12 heteroatoms. The number of benzene rings is 1. The average molecular weight is 507 g/mol. The van der Waals surface area contributed by atoms with Gasteiger partial charge in [-0.05, 0) is 44.5 Å². The number of esters is 2. The van der Waals surface area contributed by atoms with E-state index in [1.54, 1.807) is 61.3 Å². The van der Waals surface area contributed by atoms with Crippen LogP contribution in [0.3, 0.4) is 0 Å². The summed E-state index contributed by atoms with van der Waals surface area (Å²) in [6, 6.07) is 5.67. The molecule has 0 saturated carbocycles. The SMILES string of the molecule is CCOC(=O)CC[C@H](NC(=O)c1ccc(-n2cc3cnc4nc(N)[nH]c(=O)c4c3c2)cc1)C(=O)OCC. The van der Waals surface area contributed by atoms with Crippen LogP contribution in [0.1, 0.15) is 37.0 Å². The fraction of sp³-hybridized carbons (Fsp3) is 0.280. The van der Waals surface area contributed by atoms with Gasteiger partial charge in [-0.15, -0.1) is 0 Å². The highest BCUT2D eigenvalue weighted by Gasteiger charge is 2.24. The smallest absolute Gasteiger partial charge is 0.328 e. The molecule has 12 nitrogen and oxygen atoms in total. The Bertz CT molecular complexity index is 1520. The van der Waals surface area contributed by atoms with Gasteiger partial charge in [0.1, 0.15) is 6.04 Å². The van der Waals surface area contributed by atoms with E-state index >= 15 is 0 Å². The van der Waals surface area contributed by atoms with Gasteiger partial charge in [0.25, 0.3) is 11.5 Å². The van der Waals surface area contributed by atoms with Gasteiger partial charge < -0.3 is 25.1 Å². The topological polar surface area (TPSA) is 171 Å². The van der Waals surface area contributed by atoms with Crippen molar-refractivity contribution in [3.63, 3.8) is 0 Å². The standard InChI is InChI=1S/C25H26N6O6/c1-3-36-19(32)10-9-18(24(35)37-4-2)28-22(33)14-5-7-16(8-6-14)31-12-15-11-27-21-20(17(15)13-31)23(34)30-25(26)29-21/h5-8,11-13,18H,3-4,9-10H2,1-2H3,(H,28,33)(H3,26,29,30,34)/t18-/m0/s1. The molecule has 0 spiro atoms. The second-order valence-corrected chi connectivity index (χ2v) is 8.11. The molecule has 0 saturated heterocycles. The van der Waals surface area contributed by atoms with Crippen LogP contribution in [0.2, 0.25) is 0 Å². The number of nitrogen functional groups attached to an aromatic ring is 1. The summed E-state index contributed by atoms with van der Waals surface area (Å²) in [5.74, 6) is -1.58. The molecule has 4 N–H and O–H groups in total. The minimum atomic E-state index is -0.993. The van der Waals surface area contributed by atoms with Gasteiger partial charge in [0, 0.05) is 47.0 Å². The first-order valence-electron chi connectivity index (χ1n) is 11.7. The number of ether oxygens (including phenoxy) is 2. The van der Waals surface area contributed by atoms with Gasteiger partial charge >= 0.3 is 11.9 Å². The van der Waals surface area contributed by atoms with Crippen LogP contribution in [0.25, 0.3) is 27.5 Å². The summed E-state index contributed by atoms with van der Waals surface area (Å²) in [4.78, 5) is 60.1. The molecule has 4 aromatic rings. The summed E-state index contributed by atoms with van der Waals surface area (Å²) < 4.78 is 11.7. The molecule has 0 fully saturated rings. The monoisotopic (exact) mass is 506 g/mol. The van der Waals surface area contributed by atoms with E-state index in [0.717, 1.165) is 11.1 Å². The number of amides is 1. The van der Waals surface area contributed by atoms with Crippen molar-refractivity contribution in [2.45, 2.75) is 32.7 Å². The van der Waals surface area contributed by atoms with E-state index in [0.29, 0.717) is 16.3 Å². The molecule has 192 valence electrons. The number of hydrogen-bond acceptors (Lipinski definition) is 9. The van der Waals surface area contributed by atoms with Gasteiger partial charge in [0.15, 0.2) is 5.65 Å². The van der Waals surface area contributed by atoms with Gasteiger partial charge in [0.05, 0.1) is 18.6 Å². The number of carbonyl (C=O) groups is 3. The summed E-state index contributed by atoms with van der Waals surface area (Å²) in [6.07, 6.45) is 5.20. The number of fused-ring (bicyclic) bond motifs is 3. The summed E-state index contributed by atoms with van der Waals surface area (Å²) in [5.41, 5.74) is 6.52. The van der Waals surface area contributed by atoms with Crippen molar-refractivity contribution in [1.82, 2.24) is 24.8 Å². The van der Waals surface area contributed by atoms with E-state index in [1.807, 2.05) is 0 Å². The quantitative estimate of drug-likeness (QED) is 0.286. The van der Waals surface area contributed by atoms with Crippen LogP contribution < -0.4 is 16.6 Å². The minimum Gasteiger partial charge on any atom is -0.466 e. The Morgan fingerprint density at radius 2 is 1.84 bits per heavy atom. The van der Waals surface area contributed by atoms with Crippen LogP contribution in [-0.2, 0) is 19.1 Å². The maximum atomic E-state index is 12.8. The zero-order chi connectivity index (χ0) is 26.5. The fourth-order valence-corrected chi connectivity index (χ4v) is 3.89. The van der Waals surface area contributed by atoms with Crippen LogP contribution in [0, 0.1) is 0 Å². The molecule has 0 aliphatic heterocycles. The number of nitrogens with zero attached hydrogens (tertiary/aromatic N) is 3. The normalized spacial score (nSPS) is 11.8. The number of carbonyl (C=O) groups excluding carboxylic acids is 3. The number of aromatic amines is 1. The van der Waals surface area contributed by atoms with Crippen LogP contribution in [0.5, 0.6) is 0 Å². The van der Waals surface area contributed by atoms with Crippen molar-refractivity contribution in [1.29, 1.82) is 0 Å². The summed E-state index contributed by atoms with van der Waals surface area (Å²) in [6.45, 7) is 3.72. The Labute approximate surface area is 210 Å². The molecule has 0 unspecified atom stereocenters. The number of nitrogens with two attached hydrogens (primary N) is 1. The number of H-pyrrole nitrogens is 1. The lowest BCUT2D eigenvalue weighted by Gasteiger charge is -2.17. The van der Waals surface area contributed by atoms with Crippen LogP contribution in [0.4, 0.5) is 5.95 Å². The molecule has 0 bridgehead atoms. The van der Waals surface area contributed by atoms with Crippen LogP contribution in [0.15, 0.2) is 47.7 Å². The van der Waals surface area contributed by atoms with Gasteiger partial charge in [0.2, 0.25) is 5.95 Å². The van der Waals surface area contributed by atoms with E-state index in [-0.39, 0.29) is 43.2 Å². The number of nitrogens with one attached hydrogen (secondary N) is 2. The first-order chi connectivity index (χ1) is 17.8. The number of hydrogen-bond donors (Lipinski definition) is 3. The van der Waals surface area contributed by atoms with E-state index in [2.05, 4.69) is 20.3 Å². The lowest BCUT2D eigenvalue weighted by atomic mass is 10.1. The third-order valence-electron chi connectivity index (χ3n) is 5.62. The molecule has 4 rings (SSSR count). The van der Waals surface area contributed by atoms with Gasteiger partial charge in [-0.3, -0.25) is 19.4 Å². The van der Waals surface area contributed by atoms with Crippen molar-refractivity contribution in [2.24, 2.45) is 0 Å². The maximum absolute atomic E-state index is 12.8. The molecule has 0 aliphatic rings. The van der Waals surface area contributed by atoms with Gasteiger partial charge in [-0.25, -0.2) is 9.78 Å². The molecule has 3 aromatic heterocycles. The highest BCUT2D eigenvalue weighted by Crippen LogP contribution is 2.23. The molecular formula is C25H26N6O6. The highest BCUT2D eigenvalue weighted by atomic mass is 16.5. The van der Waals surface area contributed by atoms with E-state index in [4.69, 9.17) is 15.2 Å². The van der Waals surface area contributed by atoms with Crippen molar-refractivity contribution < 1.29 is 23.9 Å². The maximum Gasteiger partial charge on any atom is 0.328 e. The van der Waals surface area contributed by atoms with E-state index in [1.165, 1.54) is 0 Å². The summed E-state index contributed by atoms with van der Waals surface area (Å²) in [7, 11) is 0. The Kier molecular flexibility index (Phi) is 7.47. The third kappa shape index (κ3) is 5.58. The zero-order valence-corrected chi connectivity index (χ0v) is 20.3. The minimum absolute atomic E-state index is 0.0104. The molecule has 0 aliphatic carbocycles. The van der Waals surface area contributed by atoms with Crippen molar-refractivity contribution in [3.05, 3.63) is 58.8 Å². The highest BCUT2D eigenvalue weighted by molar-refractivity contribution is 6.04. The largest absolute Gasteiger partial charge is 0.466 e. The molecule has 37 heavy (non-hydrogen) atoms. The van der Waals surface area contributed by atoms with Crippen molar-refractivity contribution >= 4 is 45.6 Å². The third-order valence-corrected chi connectivity index (χ3v) is 5.62. The van der Waals surface area contributed by atoms with E-state index < -0.39 is 23.9 Å². The lowest BCUT2D eigenvalue weighted by molar-refractivity contribution is -0.146. The lowest BCUT2D eigenvalue weighted by Crippen LogP contribution is -2.42. The molecule has 1 amide bonds. The van der Waals surface area contributed by atoms with Gasteiger partial charge in [-0.2, -0.15) is 4.98 Å². The Morgan fingerprint density at radius 1 is 1.11 bits per heavy atom. The second-order valence-electron chi connectivity index (χ2n) is 8.11. The summed E-state index contributed by atoms with van der Waals surface area (Å²) in [5, 5.41) is 4.34. The Balaban J connectivity index is 1.54. The predicted molar refractivity (Wildman–Crippen MR) is 135 cm³/mol. The number of pyridine rings is 1. The van der Waals surface area contributed by atoms with Crippen molar-refractivity contribution in [2.75, 3.05) is 18.9 Å². The predicted octanol–water partition coefficient (Wildman–Crippen LogP) is 1.85. The Hall–Kier alpha value is -4.74. The molecule has 1 aromatic carbocycles. The molecule has 1 atom stereocenters. The van der Waals surface area contributed by atoms with Crippen LogP contribution >= 0.6 is 0 Å². The molecule has 0 radical (unpaired) electrons. The van der Waals surface area contributed by atoms with E-state index in [9.17, 15) is 19.2 Å². The number of aromatic nitrogens is 4. The molecular weight excluding hydrogens is 480 g/mol. The zero-order valence-electron chi connectivity index (χ0n) is 20.3. The number of anilines is 1. The number of rotatable bonds is 9.